The smallest absolute Gasteiger partial charge is 0.331 e. The first-order valence-corrected chi connectivity index (χ1v) is 12.2. The third kappa shape index (κ3) is 4.85. The number of aromatic amines is 1. The number of fused-ring (bicyclic) bond motifs is 1. The van der Waals surface area contributed by atoms with Gasteiger partial charge in [-0.2, -0.15) is 0 Å². The van der Waals surface area contributed by atoms with Gasteiger partial charge in [-0.1, -0.05) is 20.3 Å². The van der Waals surface area contributed by atoms with E-state index in [-0.39, 0.29) is 30.3 Å². The van der Waals surface area contributed by atoms with E-state index in [1.54, 1.807) is 47.3 Å². The molecular weight excluding hydrogens is 460 g/mol. The molecule has 0 saturated carbocycles. The summed E-state index contributed by atoms with van der Waals surface area (Å²) >= 11 is 0. The zero-order chi connectivity index (χ0) is 25.7. The summed E-state index contributed by atoms with van der Waals surface area (Å²) in [5.74, 6) is 0.0572. The van der Waals surface area contributed by atoms with Crippen molar-refractivity contribution in [1.82, 2.24) is 24.1 Å². The molecule has 4 aromatic rings. The molecule has 2 N–H and O–H groups in total. The molecule has 0 atom stereocenters. The number of nitrogens with one attached hydrogen (secondary N) is 1. The molecule has 0 aromatic carbocycles. The minimum Gasteiger partial charge on any atom is -0.395 e. The highest BCUT2D eigenvalue weighted by Crippen LogP contribution is 2.24. The molecule has 0 radical (unpaired) electrons. The third-order valence-electron chi connectivity index (χ3n) is 6.00. The van der Waals surface area contributed by atoms with Gasteiger partial charge in [0, 0.05) is 42.9 Å². The predicted octanol–water partition coefficient (Wildman–Crippen LogP) is 2.80. The lowest BCUT2D eigenvalue weighted by atomic mass is 10.2. The van der Waals surface area contributed by atoms with Crippen LogP contribution in [0.1, 0.15) is 43.5 Å². The van der Waals surface area contributed by atoms with E-state index in [9.17, 15) is 19.5 Å². The van der Waals surface area contributed by atoms with Crippen LogP contribution in [-0.2, 0) is 13.1 Å². The average Bonchev–Trinajstić information content (AvgIpc) is 3.36. The molecule has 188 valence electrons. The number of H-pyrrole nitrogens is 1. The van der Waals surface area contributed by atoms with Crippen LogP contribution in [0.2, 0.25) is 0 Å². The molecule has 1 amide bonds. The quantitative estimate of drug-likeness (QED) is 0.352. The summed E-state index contributed by atoms with van der Waals surface area (Å²) in [5.41, 5.74) is 2.05. The lowest BCUT2D eigenvalue weighted by Crippen LogP contribution is -2.40. The summed E-state index contributed by atoms with van der Waals surface area (Å²) < 4.78 is 2.95. The van der Waals surface area contributed by atoms with Crippen LogP contribution in [0.3, 0.4) is 0 Å². The number of aliphatic hydroxyl groups is 1. The summed E-state index contributed by atoms with van der Waals surface area (Å²) in [7, 11) is 0. The first kappa shape index (κ1) is 25.1. The van der Waals surface area contributed by atoms with Gasteiger partial charge in [-0.25, -0.2) is 9.78 Å². The van der Waals surface area contributed by atoms with E-state index < -0.39 is 0 Å². The second-order valence-corrected chi connectivity index (χ2v) is 8.51. The Hall–Kier alpha value is -4.05. The highest BCUT2D eigenvalue weighted by atomic mass is 16.3. The van der Waals surface area contributed by atoms with E-state index >= 15 is 0 Å². The number of anilines is 1. The fourth-order valence-electron chi connectivity index (χ4n) is 4.17. The fraction of sp³-hybridized carbons (Fsp3) is 0.346. The summed E-state index contributed by atoms with van der Waals surface area (Å²) in [6, 6.07) is 8.59. The molecule has 0 aliphatic rings. The molecule has 0 aliphatic carbocycles. The van der Waals surface area contributed by atoms with Crippen molar-refractivity contribution in [2.24, 2.45) is 0 Å². The van der Waals surface area contributed by atoms with Gasteiger partial charge in [-0.15, -0.1) is 0 Å². The number of hydrogen-bond acceptors (Lipinski definition) is 6. The predicted molar refractivity (Wildman–Crippen MR) is 138 cm³/mol. The maximum Gasteiger partial charge on any atom is 0.331 e. The number of pyridine rings is 2. The van der Waals surface area contributed by atoms with Crippen molar-refractivity contribution in [3.05, 3.63) is 75.3 Å². The average molecular weight is 491 g/mol. The molecule has 10 nitrogen and oxygen atoms in total. The number of nitrogens with zero attached hydrogens (tertiary/aromatic N) is 5. The van der Waals surface area contributed by atoms with Gasteiger partial charge in [0.1, 0.15) is 11.3 Å². The second kappa shape index (κ2) is 11.1. The minimum absolute atomic E-state index is 0.0764. The largest absolute Gasteiger partial charge is 0.395 e. The molecule has 4 heterocycles. The standard InChI is InChI=1S/C26H30N6O4/c1-3-5-12-32-25(35)23-21(30(11-4-2)26(32)36)15-20(29-23)18-8-9-22(28-17-18)31(13-14-33)24(34)19-7-6-10-27-16-19/h6-10,15-17,29,33H,3-5,11-14H2,1-2H3. The number of aliphatic hydroxyl groups excluding tert-OH is 1. The van der Waals surface area contributed by atoms with Crippen molar-refractivity contribution in [2.75, 3.05) is 18.1 Å². The normalized spacial score (nSPS) is 11.2. The molecule has 10 heteroatoms. The Morgan fingerprint density at radius 2 is 1.92 bits per heavy atom. The van der Waals surface area contributed by atoms with Crippen molar-refractivity contribution in [3.8, 4) is 11.3 Å². The van der Waals surface area contributed by atoms with E-state index in [2.05, 4.69) is 15.0 Å². The topological polar surface area (TPSA) is 126 Å². The SMILES string of the molecule is CCCCn1c(=O)c2[nH]c(-c3ccc(N(CCO)C(=O)c4cccnc4)nc3)cc2n(CCC)c1=O. The number of rotatable bonds is 10. The van der Waals surface area contributed by atoms with Crippen LogP contribution in [0.15, 0.2) is 58.5 Å². The Bertz CT molecular complexity index is 1450. The molecular formula is C26H30N6O4. The van der Waals surface area contributed by atoms with Gasteiger partial charge in [-0.05, 0) is 43.2 Å². The Balaban J connectivity index is 1.73. The molecule has 4 aromatic heterocycles. The van der Waals surface area contributed by atoms with E-state index in [0.717, 1.165) is 19.3 Å². The first-order valence-electron chi connectivity index (χ1n) is 12.2. The zero-order valence-electron chi connectivity index (χ0n) is 20.5. The summed E-state index contributed by atoms with van der Waals surface area (Å²) in [6.07, 6.45) is 7.02. The Kier molecular flexibility index (Phi) is 7.74. The maximum absolute atomic E-state index is 13.1. The van der Waals surface area contributed by atoms with Crippen molar-refractivity contribution >= 4 is 22.8 Å². The number of carbonyl (C=O) groups is 1. The number of carbonyl (C=O) groups excluding carboxylic acids is 1. The number of aryl methyl sites for hydroxylation is 1. The lowest BCUT2D eigenvalue weighted by molar-refractivity contribution is 0.0980. The molecule has 0 spiro atoms. The van der Waals surface area contributed by atoms with Gasteiger partial charge in [0.2, 0.25) is 0 Å². The molecule has 0 bridgehead atoms. The molecule has 4 rings (SSSR count). The van der Waals surface area contributed by atoms with Gasteiger partial charge in [0.15, 0.2) is 0 Å². The van der Waals surface area contributed by atoms with E-state index in [1.807, 2.05) is 13.8 Å². The third-order valence-corrected chi connectivity index (χ3v) is 6.00. The van der Waals surface area contributed by atoms with Gasteiger partial charge in [-0.3, -0.25) is 28.6 Å². The van der Waals surface area contributed by atoms with E-state index in [0.29, 0.717) is 46.8 Å². The molecule has 36 heavy (non-hydrogen) atoms. The number of amides is 1. The van der Waals surface area contributed by atoms with Crippen LogP contribution in [0, 0.1) is 0 Å². The minimum atomic E-state index is -0.331. The molecule has 0 fully saturated rings. The highest BCUT2D eigenvalue weighted by molar-refractivity contribution is 6.05. The van der Waals surface area contributed by atoms with Crippen LogP contribution in [-0.4, -0.2) is 48.3 Å². The van der Waals surface area contributed by atoms with Gasteiger partial charge < -0.3 is 10.1 Å². The van der Waals surface area contributed by atoms with E-state index in [4.69, 9.17) is 0 Å². The summed E-state index contributed by atoms with van der Waals surface area (Å²) in [6.45, 7) is 4.74. The number of hydrogen-bond donors (Lipinski definition) is 2. The van der Waals surface area contributed by atoms with Crippen molar-refractivity contribution < 1.29 is 9.90 Å². The summed E-state index contributed by atoms with van der Waals surface area (Å²) in [5, 5.41) is 9.50. The molecule has 0 unspecified atom stereocenters. The number of unbranched alkanes of at least 4 members (excludes halogenated alkanes) is 1. The van der Waals surface area contributed by atoms with Crippen molar-refractivity contribution in [3.63, 3.8) is 0 Å². The monoisotopic (exact) mass is 490 g/mol. The van der Waals surface area contributed by atoms with Crippen LogP contribution >= 0.6 is 0 Å². The highest BCUT2D eigenvalue weighted by Gasteiger charge is 2.20. The summed E-state index contributed by atoms with van der Waals surface area (Å²) in [4.78, 5) is 52.1. The van der Waals surface area contributed by atoms with Crippen LogP contribution < -0.4 is 16.1 Å². The Morgan fingerprint density at radius 1 is 1.08 bits per heavy atom. The van der Waals surface area contributed by atoms with Crippen LogP contribution in [0.4, 0.5) is 5.82 Å². The van der Waals surface area contributed by atoms with Crippen molar-refractivity contribution in [1.29, 1.82) is 0 Å². The van der Waals surface area contributed by atoms with Crippen LogP contribution in [0.25, 0.3) is 22.3 Å². The molecule has 0 aliphatic heterocycles. The second-order valence-electron chi connectivity index (χ2n) is 8.51. The maximum atomic E-state index is 13.1. The lowest BCUT2D eigenvalue weighted by Gasteiger charge is -2.20. The van der Waals surface area contributed by atoms with Crippen molar-refractivity contribution in [2.45, 2.75) is 46.2 Å². The zero-order valence-corrected chi connectivity index (χ0v) is 20.5. The Morgan fingerprint density at radius 3 is 2.56 bits per heavy atom. The number of aromatic nitrogens is 5. The first-order chi connectivity index (χ1) is 17.5. The molecule has 0 saturated heterocycles. The van der Waals surface area contributed by atoms with Gasteiger partial charge >= 0.3 is 5.69 Å². The van der Waals surface area contributed by atoms with Crippen LogP contribution in [0.5, 0.6) is 0 Å². The fourth-order valence-corrected chi connectivity index (χ4v) is 4.17. The van der Waals surface area contributed by atoms with E-state index in [1.165, 1.54) is 15.7 Å². The van der Waals surface area contributed by atoms with Gasteiger partial charge in [0.05, 0.1) is 24.2 Å². The van der Waals surface area contributed by atoms with Gasteiger partial charge in [0.25, 0.3) is 11.5 Å². The Labute approximate surface area is 207 Å².